The molecule has 1 fully saturated rings. The van der Waals surface area contributed by atoms with E-state index in [4.69, 9.17) is 15.2 Å². The first-order valence-corrected chi connectivity index (χ1v) is 12.4. The Morgan fingerprint density at radius 2 is 1.44 bits per heavy atom. The standard InChI is InChI=1S/C23H46N2O7/c1-2-3-4-5-6-7-8-9-10-11-12-13-14-25-22(30)17(24)16-31-23-21(29)20(28)19(27)18(15-26)32-23/h17-21,23,26-29H,2-16,24H2,1H3,(H,25,30)/t17?,18-,19+,20+,21-,23-/m1/s1. The molecule has 0 saturated carbocycles. The maximum atomic E-state index is 12.1. The Labute approximate surface area is 192 Å². The van der Waals surface area contributed by atoms with Crippen LogP contribution in [0.5, 0.6) is 0 Å². The van der Waals surface area contributed by atoms with Gasteiger partial charge in [-0.3, -0.25) is 4.79 Å². The van der Waals surface area contributed by atoms with Gasteiger partial charge < -0.3 is 41.0 Å². The van der Waals surface area contributed by atoms with E-state index in [-0.39, 0.29) is 12.5 Å². The lowest BCUT2D eigenvalue weighted by atomic mass is 9.99. The lowest BCUT2D eigenvalue weighted by Crippen LogP contribution is -2.59. The zero-order valence-corrected chi connectivity index (χ0v) is 19.7. The number of aliphatic hydroxyl groups is 4. The van der Waals surface area contributed by atoms with Crippen LogP contribution in [0.4, 0.5) is 0 Å². The van der Waals surface area contributed by atoms with Gasteiger partial charge in [0.05, 0.1) is 13.2 Å². The number of nitrogens with two attached hydrogens (primary N) is 1. The number of rotatable bonds is 18. The molecule has 9 nitrogen and oxygen atoms in total. The third-order valence-electron chi connectivity index (χ3n) is 5.95. The van der Waals surface area contributed by atoms with Crippen molar-refractivity contribution >= 4 is 5.91 Å². The van der Waals surface area contributed by atoms with Crippen molar-refractivity contribution in [2.75, 3.05) is 19.8 Å². The van der Waals surface area contributed by atoms with Gasteiger partial charge in [0.1, 0.15) is 30.5 Å². The van der Waals surface area contributed by atoms with E-state index in [9.17, 15) is 25.2 Å². The topological polar surface area (TPSA) is 154 Å². The molecule has 9 heteroatoms. The highest BCUT2D eigenvalue weighted by Gasteiger charge is 2.44. The van der Waals surface area contributed by atoms with Crippen LogP contribution in [0, 0.1) is 0 Å². The van der Waals surface area contributed by atoms with Crippen molar-refractivity contribution in [3.8, 4) is 0 Å². The van der Waals surface area contributed by atoms with Gasteiger partial charge in [-0.15, -0.1) is 0 Å². The van der Waals surface area contributed by atoms with E-state index in [2.05, 4.69) is 12.2 Å². The van der Waals surface area contributed by atoms with Crippen molar-refractivity contribution in [1.82, 2.24) is 5.32 Å². The highest BCUT2D eigenvalue weighted by molar-refractivity contribution is 5.81. The van der Waals surface area contributed by atoms with Crippen LogP contribution in [0.1, 0.15) is 84.0 Å². The fourth-order valence-electron chi connectivity index (χ4n) is 3.79. The Kier molecular flexibility index (Phi) is 16.1. The first-order chi connectivity index (χ1) is 15.4. The first-order valence-electron chi connectivity index (χ1n) is 12.4. The lowest BCUT2D eigenvalue weighted by Gasteiger charge is -2.39. The molecule has 1 aliphatic rings. The fourth-order valence-corrected chi connectivity index (χ4v) is 3.79. The molecule has 0 aromatic rings. The van der Waals surface area contributed by atoms with Crippen molar-refractivity contribution in [3.05, 3.63) is 0 Å². The normalized spacial score (nSPS) is 26.8. The molecule has 32 heavy (non-hydrogen) atoms. The van der Waals surface area contributed by atoms with Crippen LogP contribution in [-0.2, 0) is 14.3 Å². The number of aliphatic hydroxyl groups excluding tert-OH is 4. The lowest BCUT2D eigenvalue weighted by molar-refractivity contribution is -0.301. The van der Waals surface area contributed by atoms with Crippen LogP contribution in [0.25, 0.3) is 0 Å². The van der Waals surface area contributed by atoms with Gasteiger partial charge in [0.25, 0.3) is 0 Å². The molecule has 1 saturated heterocycles. The van der Waals surface area contributed by atoms with Gasteiger partial charge in [-0.25, -0.2) is 0 Å². The smallest absolute Gasteiger partial charge is 0.239 e. The molecule has 0 aromatic heterocycles. The summed E-state index contributed by atoms with van der Waals surface area (Å²) in [6, 6.07) is -0.959. The molecule has 1 heterocycles. The van der Waals surface area contributed by atoms with E-state index in [1.54, 1.807) is 0 Å². The summed E-state index contributed by atoms with van der Waals surface area (Å²) in [7, 11) is 0. The average Bonchev–Trinajstić information content (AvgIpc) is 2.79. The minimum Gasteiger partial charge on any atom is -0.394 e. The Hall–Kier alpha value is -0.810. The Bertz CT molecular complexity index is 481. The van der Waals surface area contributed by atoms with E-state index in [1.807, 2.05) is 0 Å². The van der Waals surface area contributed by atoms with Gasteiger partial charge >= 0.3 is 0 Å². The Morgan fingerprint density at radius 3 is 1.97 bits per heavy atom. The van der Waals surface area contributed by atoms with Crippen LogP contribution in [-0.4, -0.2) is 82.8 Å². The fraction of sp³-hybridized carbons (Fsp3) is 0.957. The molecule has 0 radical (unpaired) electrons. The molecule has 1 rings (SSSR count). The number of amides is 1. The van der Waals surface area contributed by atoms with E-state index < -0.39 is 43.4 Å². The zero-order valence-electron chi connectivity index (χ0n) is 19.7. The number of hydrogen-bond acceptors (Lipinski definition) is 8. The maximum absolute atomic E-state index is 12.1. The van der Waals surface area contributed by atoms with Crippen molar-refractivity contribution in [3.63, 3.8) is 0 Å². The minimum atomic E-state index is -1.53. The largest absolute Gasteiger partial charge is 0.394 e. The second-order valence-electron chi connectivity index (χ2n) is 8.82. The highest BCUT2D eigenvalue weighted by Crippen LogP contribution is 2.22. The third-order valence-corrected chi connectivity index (χ3v) is 5.95. The average molecular weight is 463 g/mol. The summed E-state index contributed by atoms with van der Waals surface area (Å²) in [6.45, 7) is 2.01. The number of unbranched alkanes of at least 4 members (excludes halogenated alkanes) is 11. The highest BCUT2D eigenvalue weighted by atomic mass is 16.7. The van der Waals surface area contributed by atoms with Crippen LogP contribution in [0.15, 0.2) is 0 Å². The summed E-state index contributed by atoms with van der Waals surface area (Å²) in [5, 5.41) is 41.4. The SMILES string of the molecule is CCCCCCCCCCCCCCNC(=O)C(N)CO[C@@H]1O[C@H](CO)[C@H](O)[C@H](O)[C@H]1O. The molecule has 0 bridgehead atoms. The second-order valence-corrected chi connectivity index (χ2v) is 8.82. The third kappa shape index (κ3) is 11.4. The van der Waals surface area contributed by atoms with Crippen LogP contribution >= 0.6 is 0 Å². The summed E-state index contributed by atoms with van der Waals surface area (Å²) in [4.78, 5) is 12.1. The molecule has 190 valence electrons. The molecule has 1 unspecified atom stereocenters. The van der Waals surface area contributed by atoms with Crippen LogP contribution < -0.4 is 11.1 Å². The van der Waals surface area contributed by atoms with E-state index in [1.165, 1.54) is 57.8 Å². The van der Waals surface area contributed by atoms with E-state index in [0.717, 1.165) is 19.3 Å². The van der Waals surface area contributed by atoms with Gasteiger partial charge in [0, 0.05) is 6.54 Å². The van der Waals surface area contributed by atoms with Gasteiger partial charge in [-0.1, -0.05) is 77.6 Å². The summed E-state index contributed by atoms with van der Waals surface area (Å²) >= 11 is 0. The predicted molar refractivity (Wildman–Crippen MR) is 122 cm³/mol. The molecule has 7 N–H and O–H groups in total. The molecular formula is C23H46N2O7. The second kappa shape index (κ2) is 17.6. The Morgan fingerprint density at radius 1 is 0.906 bits per heavy atom. The quantitative estimate of drug-likeness (QED) is 0.165. The molecule has 6 atom stereocenters. The van der Waals surface area contributed by atoms with Gasteiger partial charge in [0.15, 0.2) is 6.29 Å². The van der Waals surface area contributed by atoms with Gasteiger partial charge in [-0.05, 0) is 6.42 Å². The Balaban J connectivity index is 2.04. The minimum absolute atomic E-state index is 0.229. The van der Waals surface area contributed by atoms with Gasteiger partial charge in [0.2, 0.25) is 5.91 Å². The predicted octanol–water partition coefficient (Wildman–Crippen LogP) is 0.948. The van der Waals surface area contributed by atoms with Crippen LogP contribution in [0.2, 0.25) is 0 Å². The number of carbonyl (C=O) groups is 1. The molecule has 0 aromatic carbocycles. The van der Waals surface area contributed by atoms with Crippen LogP contribution in [0.3, 0.4) is 0 Å². The molecule has 1 aliphatic heterocycles. The molecule has 0 aliphatic carbocycles. The number of carbonyl (C=O) groups excluding carboxylic acids is 1. The summed E-state index contributed by atoms with van der Waals surface area (Å²) in [5.74, 6) is -0.363. The number of hydrogen-bond donors (Lipinski definition) is 6. The van der Waals surface area contributed by atoms with Crippen molar-refractivity contribution in [2.24, 2.45) is 5.73 Å². The van der Waals surface area contributed by atoms with Crippen molar-refractivity contribution in [1.29, 1.82) is 0 Å². The summed E-state index contributed by atoms with van der Waals surface area (Å²) < 4.78 is 10.5. The monoisotopic (exact) mass is 462 g/mol. The number of nitrogens with one attached hydrogen (secondary N) is 1. The molecule has 1 amide bonds. The molecular weight excluding hydrogens is 416 g/mol. The van der Waals surface area contributed by atoms with Crippen molar-refractivity contribution in [2.45, 2.75) is 121 Å². The first kappa shape index (κ1) is 29.2. The van der Waals surface area contributed by atoms with E-state index >= 15 is 0 Å². The van der Waals surface area contributed by atoms with E-state index in [0.29, 0.717) is 6.54 Å². The zero-order chi connectivity index (χ0) is 23.8. The van der Waals surface area contributed by atoms with Crippen molar-refractivity contribution < 1.29 is 34.7 Å². The molecule has 0 spiro atoms. The summed E-state index contributed by atoms with van der Waals surface area (Å²) in [6.07, 6.45) is 8.17. The van der Waals surface area contributed by atoms with Gasteiger partial charge in [-0.2, -0.15) is 0 Å². The number of ether oxygens (including phenoxy) is 2. The summed E-state index contributed by atoms with van der Waals surface area (Å²) in [5.41, 5.74) is 5.82. The maximum Gasteiger partial charge on any atom is 0.239 e.